The minimum absolute atomic E-state index is 0.0408. The number of hydroxylamine groups is 2. The van der Waals surface area contributed by atoms with Crippen molar-refractivity contribution in [2.75, 3.05) is 26.0 Å². The SMILES string of the molecule is COCCS(=O)(=O)NC(=N)[C@@H]1CC[C@@H]2CN1C(=O)N2OCc1ccccc1. The first-order valence-corrected chi connectivity index (χ1v) is 10.4. The molecule has 2 aliphatic heterocycles. The lowest BCUT2D eigenvalue weighted by Gasteiger charge is -2.30. The summed E-state index contributed by atoms with van der Waals surface area (Å²) in [4.78, 5) is 19.9. The van der Waals surface area contributed by atoms with Crippen LogP contribution in [0.15, 0.2) is 30.3 Å². The van der Waals surface area contributed by atoms with Crippen molar-refractivity contribution in [1.82, 2.24) is 14.7 Å². The van der Waals surface area contributed by atoms with Gasteiger partial charge in [0.25, 0.3) is 0 Å². The Morgan fingerprint density at radius 3 is 2.74 bits per heavy atom. The fourth-order valence-electron chi connectivity index (χ4n) is 3.30. The van der Waals surface area contributed by atoms with E-state index in [1.165, 1.54) is 17.1 Å². The lowest BCUT2D eigenvalue weighted by atomic mass is 10.0. The van der Waals surface area contributed by atoms with Gasteiger partial charge in [-0.2, -0.15) is 5.06 Å². The molecule has 0 radical (unpaired) electrons. The van der Waals surface area contributed by atoms with Gasteiger partial charge in [0.15, 0.2) is 0 Å². The fourth-order valence-corrected chi connectivity index (χ4v) is 4.26. The zero-order chi connectivity index (χ0) is 19.4. The number of methoxy groups -OCH3 is 1. The zero-order valence-corrected chi connectivity index (χ0v) is 15.9. The molecule has 2 bridgehead atoms. The highest BCUT2D eigenvalue weighted by Gasteiger charge is 2.47. The number of hydrogen-bond donors (Lipinski definition) is 2. The number of rotatable bonds is 8. The Hall–Kier alpha value is -2.17. The van der Waals surface area contributed by atoms with Crippen LogP contribution in [0.25, 0.3) is 0 Å². The maximum absolute atomic E-state index is 12.7. The van der Waals surface area contributed by atoms with Crippen LogP contribution < -0.4 is 4.72 Å². The highest BCUT2D eigenvalue weighted by Crippen LogP contribution is 2.30. The van der Waals surface area contributed by atoms with Gasteiger partial charge >= 0.3 is 6.03 Å². The van der Waals surface area contributed by atoms with Crippen molar-refractivity contribution >= 4 is 21.9 Å². The predicted molar refractivity (Wildman–Crippen MR) is 98.5 cm³/mol. The number of nitrogens with one attached hydrogen (secondary N) is 2. The van der Waals surface area contributed by atoms with E-state index >= 15 is 0 Å². The monoisotopic (exact) mass is 396 g/mol. The number of ether oxygens (including phenoxy) is 1. The Balaban J connectivity index is 1.61. The number of hydrogen-bond acceptors (Lipinski definition) is 6. The van der Waals surface area contributed by atoms with Crippen LogP contribution in [-0.2, 0) is 26.2 Å². The van der Waals surface area contributed by atoms with E-state index < -0.39 is 16.1 Å². The van der Waals surface area contributed by atoms with E-state index in [1.54, 1.807) is 0 Å². The van der Waals surface area contributed by atoms with Crippen molar-refractivity contribution in [2.24, 2.45) is 0 Å². The topological polar surface area (TPSA) is 112 Å². The Morgan fingerprint density at radius 2 is 2.04 bits per heavy atom. The average molecular weight is 396 g/mol. The molecule has 2 fully saturated rings. The number of piperidine rings is 1. The summed E-state index contributed by atoms with van der Waals surface area (Å²) in [5.41, 5.74) is 0.956. The lowest BCUT2D eigenvalue weighted by Crippen LogP contribution is -2.51. The molecule has 2 N–H and O–H groups in total. The third kappa shape index (κ3) is 4.57. The van der Waals surface area contributed by atoms with Gasteiger partial charge in [0, 0.05) is 13.7 Å². The van der Waals surface area contributed by atoms with Gasteiger partial charge < -0.3 is 9.64 Å². The number of carbonyl (C=O) groups is 1. The first-order valence-electron chi connectivity index (χ1n) is 8.76. The maximum atomic E-state index is 12.7. The van der Waals surface area contributed by atoms with Gasteiger partial charge in [-0.15, -0.1) is 0 Å². The number of amidine groups is 1. The predicted octanol–water partition coefficient (Wildman–Crippen LogP) is 0.930. The van der Waals surface area contributed by atoms with E-state index in [4.69, 9.17) is 15.0 Å². The van der Waals surface area contributed by atoms with Gasteiger partial charge in [-0.3, -0.25) is 15.0 Å². The summed E-state index contributed by atoms with van der Waals surface area (Å²) < 4.78 is 31.0. The summed E-state index contributed by atoms with van der Waals surface area (Å²) in [7, 11) is -2.26. The largest absolute Gasteiger partial charge is 0.384 e. The van der Waals surface area contributed by atoms with Crippen molar-refractivity contribution in [1.29, 1.82) is 5.41 Å². The third-order valence-electron chi connectivity index (χ3n) is 4.69. The number of urea groups is 1. The molecule has 2 heterocycles. The highest BCUT2D eigenvalue weighted by atomic mass is 32.2. The second kappa shape index (κ2) is 8.24. The molecule has 2 atom stereocenters. The molecule has 3 rings (SSSR count). The van der Waals surface area contributed by atoms with Gasteiger partial charge in [-0.25, -0.2) is 13.2 Å². The minimum atomic E-state index is -3.67. The van der Waals surface area contributed by atoms with Gasteiger partial charge in [0.05, 0.1) is 24.4 Å². The molecule has 10 heteroatoms. The molecule has 1 aromatic carbocycles. The zero-order valence-electron chi connectivity index (χ0n) is 15.1. The van der Waals surface area contributed by atoms with Crippen molar-refractivity contribution in [3.63, 3.8) is 0 Å². The number of sulfonamides is 1. The van der Waals surface area contributed by atoms with Crippen LogP contribution in [0, 0.1) is 5.41 Å². The van der Waals surface area contributed by atoms with Crippen molar-refractivity contribution in [2.45, 2.75) is 31.5 Å². The quantitative estimate of drug-likeness (QED) is 0.501. The molecule has 0 aromatic heterocycles. The first kappa shape index (κ1) is 19.6. The number of carbonyl (C=O) groups excluding carboxylic acids is 1. The standard InChI is InChI=1S/C17H24N4O5S/c1-25-9-10-27(23,24)19-16(18)15-8-7-14-11-20(15)17(22)21(14)26-12-13-5-3-2-4-6-13/h2-6,14-15H,7-12H2,1H3,(H2,18,19)/t14-,15+/m1/s1. The molecule has 0 spiro atoms. The van der Waals surface area contributed by atoms with Crippen LogP contribution in [0.2, 0.25) is 0 Å². The summed E-state index contributed by atoms with van der Waals surface area (Å²) in [6.45, 7) is 0.738. The summed E-state index contributed by atoms with van der Waals surface area (Å²) in [5.74, 6) is -0.426. The molecule has 148 valence electrons. The van der Waals surface area contributed by atoms with Crippen molar-refractivity contribution < 1.29 is 22.8 Å². The Kier molecular flexibility index (Phi) is 5.98. The Bertz CT molecular complexity index is 786. The van der Waals surface area contributed by atoms with Gasteiger partial charge in [-0.05, 0) is 18.4 Å². The van der Waals surface area contributed by atoms with E-state index in [9.17, 15) is 13.2 Å². The molecule has 0 aliphatic carbocycles. The van der Waals surface area contributed by atoms with Gasteiger partial charge in [0.1, 0.15) is 12.4 Å². The van der Waals surface area contributed by atoms with E-state index in [0.717, 1.165) is 5.56 Å². The minimum Gasteiger partial charge on any atom is -0.384 e. The molecule has 0 unspecified atom stereocenters. The van der Waals surface area contributed by atoms with E-state index in [0.29, 0.717) is 19.4 Å². The van der Waals surface area contributed by atoms with Crippen LogP contribution in [0.3, 0.4) is 0 Å². The smallest absolute Gasteiger partial charge is 0.344 e. The van der Waals surface area contributed by atoms with Crippen LogP contribution in [0.4, 0.5) is 4.79 Å². The van der Waals surface area contributed by atoms with Gasteiger partial charge in [-0.1, -0.05) is 30.3 Å². The van der Waals surface area contributed by atoms with Crippen LogP contribution in [0.5, 0.6) is 0 Å². The first-order chi connectivity index (χ1) is 12.9. The number of benzene rings is 1. The Labute approximate surface area is 158 Å². The number of amides is 2. The molecule has 27 heavy (non-hydrogen) atoms. The molecule has 2 aliphatic rings. The fraction of sp³-hybridized carbons (Fsp3) is 0.529. The summed E-state index contributed by atoms with van der Waals surface area (Å²) in [6, 6.07) is 8.53. The molecule has 2 amide bonds. The second-order valence-corrected chi connectivity index (χ2v) is 8.44. The summed E-state index contributed by atoms with van der Waals surface area (Å²) in [5, 5.41) is 9.50. The van der Waals surface area contributed by atoms with Gasteiger partial charge in [0.2, 0.25) is 10.0 Å². The molecule has 2 saturated heterocycles. The van der Waals surface area contributed by atoms with Crippen molar-refractivity contribution in [3.8, 4) is 0 Å². The molecule has 1 aromatic rings. The normalized spacial score (nSPS) is 22.2. The summed E-state index contributed by atoms with van der Waals surface area (Å²) >= 11 is 0. The maximum Gasteiger partial charge on any atom is 0.344 e. The number of nitrogens with zero attached hydrogens (tertiary/aromatic N) is 2. The highest BCUT2D eigenvalue weighted by molar-refractivity contribution is 7.90. The third-order valence-corrected chi connectivity index (χ3v) is 5.93. The second-order valence-electron chi connectivity index (χ2n) is 6.59. The summed E-state index contributed by atoms with van der Waals surface area (Å²) in [6.07, 6.45) is 1.15. The molecule has 9 nitrogen and oxygen atoms in total. The van der Waals surface area contributed by atoms with E-state index in [1.807, 2.05) is 30.3 Å². The van der Waals surface area contributed by atoms with Crippen LogP contribution in [-0.4, -0.2) is 68.3 Å². The molecule has 0 saturated carbocycles. The van der Waals surface area contributed by atoms with E-state index in [2.05, 4.69) is 4.72 Å². The number of fused-ring (bicyclic) bond motifs is 2. The Morgan fingerprint density at radius 1 is 1.30 bits per heavy atom. The molecular formula is C17H24N4O5S. The van der Waals surface area contributed by atoms with Crippen molar-refractivity contribution in [3.05, 3.63) is 35.9 Å². The van der Waals surface area contributed by atoms with Crippen LogP contribution in [0.1, 0.15) is 18.4 Å². The lowest BCUT2D eigenvalue weighted by molar-refractivity contribution is -0.140. The van der Waals surface area contributed by atoms with E-state index in [-0.39, 0.29) is 36.9 Å². The average Bonchev–Trinajstić information content (AvgIpc) is 2.89. The molecular weight excluding hydrogens is 372 g/mol. The van der Waals surface area contributed by atoms with Crippen LogP contribution >= 0.6 is 0 Å².